The third-order valence-corrected chi connectivity index (χ3v) is 2.06. The van der Waals surface area contributed by atoms with Gasteiger partial charge in [-0.15, -0.1) is 0 Å². The molecule has 0 aromatic heterocycles. The number of alkyl halides is 1. The number of halogens is 1. The van der Waals surface area contributed by atoms with Crippen LogP contribution in [0.15, 0.2) is 24.3 Å². The van der Waals surface area contributed by atoms with Gasteiger partial charge in [0.1, 0.15) is 5.75 Å². The maximum Gasteiger partial charge on any atom is 0.341 e. The average molecular weight is 245 g/mol. The van der Waals surface area contributed by atoms with Gasteiger partial charge in [-0.05, 0) is 17.7 Å². The minimum Gasteiger partial charge on any atom is -0.482 e. The zero-order valence-electron chi connectivity index (χ0n) is 6.87. The Labute approximate surface area is 84.5 Å². The van der Waals surface area contributed by atoms with Crippen molar-refractivity contribution in [1.82, 2.24) is 0 Å². The van der Waals surface area contributed by atoms with E-state index >= 15 is 0 Å². The molecule has 3 nitrogen and oxygen atoms in total. The van der Waals surface area contributed by atoms with Gasteiger partial charge in [-0.2, -0.15) is 0 Å². The van der Waals surface area contributed by atoms with Crippen molar-refractivity contribution >= 4 is 21.9 Å². The molecule has 0 spiro atoms. The Kier molecular flexibility index (Phi) is 3.76. The number of carboxylic acid groups (broad SMARTS) is 1. The molecule has 0 atom stereocenters. The molecule has 1 aromatic carbocycles. The summed E-state index contributed by atoms with van der Waals surface area (Å²) < 4.78 is 4.99. The molecule has 0 saturated carbocycles. The van der Waals surface area contributed by atoms with Gasteiger partial charge in [-0.3, -0.25) is 0 Å². The zero-order valence-corrected chi connectivity index (χ0v) is 8.45. The highest BCUT2D eigenvalue weighted by molar-refractivity contribution is 9.08. The summed E-state index contributed by atoms with van der Waals surface area (Å²) in [5.74, 6) is -0.386. The Morgan fingerprint density at radius 1 is 1.54 bits per heavy atom. The molecular weight excluding hydrogens is 236 g/mol. The highest BCUT2D eigenvalue weighted by atomic mass is 79.9. The van der Waals surface area contributed by atoms with E-state index in [9.17, 15) is 4.79 Å². The molecule has 4 heteroatoms. The fourth-order valence-corrected chi connectivity index (χ4v) is 1.21. The van der Waals surface area contributed by atoms with Gasteiger partial charge in [0.05, 0.1) is 0 Å². The summed E-state index contributed by atoms with van der Waals surface area (Å²) in [7, 11) is 0. The van der Waals surface area contributed by atoms with Crippen molar-refractivity contribution in [3.05, 3.63) is 29.8 Å². The van der Waals surface area contributed by atoms with Crippen LogP contribution in [0.4, 0.5) is 0 Å². The van der Waals surface area contributed by atoms with Crippen LogP contribution in [0.3, 0.4) is 0 Å². The molecule has 0 radical (unpaired) electrons. The van der Waals surface area contributed by atoms with Crippen LogP contribution in [0.25, 0.3) is 0 Å². The van der Waals surface area contributed by atoms with E-state index in [4.69, 9.17) is 9.84 Å². The minimum atomic E-state index is -0.968. The summed E-state index contributed by atoms with van der Waals surface area (Å²) in [6.07, 6.45) is 0. The Hall–Kier alpha value is -1.03. The van der Waals surface area contributed by atoms with E-state index in [0.29, 0.717) is 5.75 Å². The predicted molar refractivity (Wildman–Crippen MR) is 52.2 cm³/mol. The van der Waals surface area contributed by atoms with Crippen LogP contribution in [0.2, 0.25) is 0 Å². The summed E-state index contributed by atoms with van der Waals surface area (Å²) >= 11 is 3.30. The number of carbonyl (C=O) groups is 1. The molecule has 1 rings (SSSR count). The molecule has 0 unspecified atom stereocenters. The van der Waals surface area contributed by atoms with E-state index in [1.54, 1.807) is 12.1 Å². The fraction of sp³-hybridized carbons (Fsp3) is 0.222. The van der Waals surface area contributed by atoms with Crippen molar-refractivity contribution in [2.45, 2.75) is 5.33 Å². The van der Waals surface area contributed by atoms with Crippen molar-refractivity contribution in [1.29, 1.82) is 0 Å². The van der Waals surface area contributed by atoms with Gasteiger partial charge in [0.15, 0.2) is 6.61 Å². The van der Waals surface area contributed by atoms with Crippen molar-refractivity contribution in [2.75, 3.05) is 6.61 Å². The predicted octanol–water partition coefficient (Wildman–Crippen LogP) is 2.04. The van der Waals surface area contributed by atoms with Gasteiger partial charge < -0.3 is 9.84 Å². The maximum absolute atomic E-state index is 10.2. The molecule has 0 heterocycles. The first-order valence-electron chi connectivity index (χ1n) is 3.72. The van der Waals surface area contributed by atoms with E-state index in [1.165, 1.54) is 0 Å². The van der Waals surface area contributed by atoms with E-state index < -0.39 is 5.97 Å². The van der Waals surface area contributed by atoms with Gasteiger partial charge in [-0.1, -0.05) is 28.1 Å². The summed E-state index contributed by atoms with van der Waals surface area (Å²) in [6.45, 7) is -0.300. The van der Waals surface area contributed by atoms with Gasteiger partial charge in [0.25, 0.3) is 0 Å². The maximum atomic E-state index is 10.2. The largest absolute Gasteiger partial charge is 0.482 e. The molecule has 0 aliphatic rings. The van der Waals surface area contributed by atoms with Crippen LogP contribution in [0.5, 0.6) is 5.75 Å². The quantitative estimate of drug-likeness (QED) is 0.825. The topological polar surface area (TPSA) is 46.5 Å². The number of rotatable bonds is 4. The Morgan fingerprint density at radius 3 is 2.92 bits per heavy atom. The van der Waals surface area contributed by atoms with Crippen LogP contribution in [-0.4, -0.2) is 17.7 Å². The molecule has 1 aromatic rings. The van der Waals surface area contributed by atoms with Crippen LogP contribution >= 0.6 is 15.9 Å². The lowest BCUT2D eigenvalue weighted by molar-refractivity contribution is -0.139. The minimum absolute atomic E-state index is 0.300. The van der Waals surface area contributed by atoms with E-state index in [1.807, 2.05) is 12.1 Å². The lowest BCUT2D eigenvalue weighted by atomic mass is 10.2. The van der Waals surface area contributed by atoms with E-state index in [-0.39, 0.29) is 6.61 Å². The van der Waals surface area contributed by atoms with Crippen molar-refractivity contribution < 1.29 is 14.6 Å². The molecule has 0 aliphatic carbocycles. The highest BCUT2D eigenvalue weighted by Gasteiger charge is 1.99. The summed E-state index contributed by atoms with van der Waals surface area (Å²) in [6, 6.07) is 7.29. The molecule has 0 aliphatic heterocycles. The number of carboxylic acids is 1. The number of hydrogen-bond donors (Lipinski definition) is 1. The van der Waals surface area contributed by atoms with Crippen LogP contribution < -0.4 is 4.74 Å². The first kappa shape index (κ1) is 10.1. The summed E-state index contributed by atoms with van der Waals surface area (Å²) in [5, 5.41) is 9.10. The lowest BCUT2D eigenvalue weighted by Crippen LogP contribution is -2.09. The molecular formula is C9H9BrO3. The fourth-order valence-electron chi connectivity index (χ4n) is 0.863. The van der Waals surface area contributed by atoms with Crippen LogP contribution in [-0.2, 0) is 10.1 Å². The zero-order chi connectivity index (χ0) is 9.68. The SMILES string of the molecule is O=C(O)COc1cccc(CBr)c1. The monoisotopic (exact) mass is 244 g/mol. The first-order valence-corrected chi connectivity index (χ1v) is 4.84. The molecule has 0 saturated heterocycles. The normalized spacial score (nSPS) is 9.62. The lowest BCUT2D eigenvalue weighted by Gasteiger charge is -2.03. The number of aliphatic carboxylic acids is 1. The second kappa shape index (κ2) is 4.87. The molecule has 13 heavy (non-hydrogen) atoms. The van der Waals surface area contributed by atoms with Crippen molar-refractivity contribution in [2.24, 2.45) is 0 Å². The van der Waals surface area contributed by atoms with Crippen molar-refractivity contribution in [3.63, 3.8) is 0 Å². The second-order valence-electron chi connectivity index (χ2n) is 2.46. The number of benzene rings is 1. The van der Waals surface area contributed by atoms with Gasteiger partial charge in [0.2, 0.25) is 0 Å². The number of hydrogen-bond acceptors (Lipinski definition) is 2. The summed E-state index contributed by atoms with van der Waals surface area (Å²) in [5.41, 5.74) is 1.06. The molecule has 0 fully saturated rings. The van der Waals surface area contributed by atoms with E-state index in [0.717, 1.165) is 10.9 Å². The first-order chi connectivity index (χ1) is 6.22. The molecule has 0 amide bonds. The van der Waals surface area contributed by atoms with Gasteiger partial charge in [0, 0.05) is 5.33 Å². The van der Waals surface area contributed by atoms with Gasteiger partial charge >= 0.3 is 5.97 Å². The summed E-state index contributed by atoms with van der Waals surface area (Å²) in [4.78, 5) is 10.2. The standard InChI is InChI=1S/C9H9BrO3/c10-5-7-2-1-3-8(4-7)13-6-9(11)12/h1-4H,5-6H2,(H,11,12). The third kappa shape index (κ3) is 3.46. The smallest absolute Gasteiger partial charge is 0.341 e. The average Bonchev–Trinajstić information content (AvgIpc) is 2.15. The van der Waals surface area contributed by atoms with Crippen molar-refractivity contribution in [3.8, 4) is 5.75 Å². The Morgan fingerprint density at radius 2 is 2.31 bits per heavy atom. The third-order valence-electron chi connectivity index (χ3n) is 1.42. The molecule has 70 valence electrons. The van der Waals surface area contributed by atoms with Crippen LogP contribution in [0.1, 0.15) is 5.56 Å². The van der Waals surface area contributed by atoms with Gasteiger partial charge in [-0.25, -0.2) is 4.79 Å². The second-order valence-corrected chi connectivity index (χ2v) is 3.02. The van der Waals surface area contributed by atoms with Crippen LogP contribution in [0, 0.1) is 0 Å². The molecule has 0 bridgehead atoms. The number of ether oxygens (including phenoxy) is 1. The molecule has 1 N–H and O–H groups in total. The highest BCUT2D eigenvalue weighted by Crippen LogP contribution is 2.15. The Balaban J connectivity index is 2.61. The van der Waals surface area contributed by atoms with E-state index in [2.05, 4.69) is 15.9 Å². The Bertz CT molecular complexity index is 299.